The van der Waals surface area contributed by atoms with E-state index in [1.54, 1.807) is 14.2 Å². The lowest BCUT2D eigenvalue weighted by Crippen LogP contribution is -2.66. The fourth-order valence-electron chi connectivity index (χ4n) is 6.29. The standard InChI is InChI=1S/C21H29NO4/c1-22-9-8-21-14-5-7-17(25-11-10-23-2)20(21)26-19-16(24-3)6-4-13(18(19)21)12-15(14)22/h4,6,14-15,17,20H,5,7-12H2,1-3H3/t14?,15-,17+,20+,21+/m1/s1. The van der Waals surface area contributed by atoms with Crippen LogP contribution in [-0.2, 0) is 21.3 Å². The third-order valence-electron chi connectivity index (χ3n) is 7.36. The van der Waals surface area contributed by atoms with Gasteiger partial charge in [0.1, 0.15) is 6.10 Å². The Hall–Kier alpha value is -1.30. The molecular weight excluding hydrogens is 330 g/mol. The zero-order valence-corrected chi connectivity index (χ0v) is 16.0. The van der Waals surface area contributed by atoms with Crippen LogP contribution in [0.4, 0.5) is 0 Å². The molecule has 2 heterocycles. The predicted molar refractivity (Wildman–Crippen MR) is 98.2 cm³/mol. The second kappa shape index (κ2) is 6.11. The van der Waals surface area contributed by atoms with Crippen molar-refractivity contribution >= 4 is 0 Å². The molecule has 2 aliphatic carbocycles. The molecule has 0 radical (unpaired) electrons. The van der Waals surface area contributed by atoms with Gasteiger partial charge in [0.2, 0.25) is 0 Å². The van der Waals surface area contributed by atoms with Crippen molar-refractivity contribution in [2.24, 2.45) is 5.92 Å². The number of rotatable bonds is 5. The summed E-state index contributed by atoms with van der Waals surface area (Å²) in [4.78, 5) is 2.57. The first-order valence-corrected chi connectivity index (χ1v) is 9.88. The van der Waals surface area contributed by atoms with Gasteiger partial charge in [-0.15, -0.1) is 0 Å². The highest BCUT2D eigenvalue weighted by molar-refractivity contribution is 5.61. The minimum Gasteiger partial charge on any atom is -0.493 e. The summed E-state index contributed by atoms with van der Waals surface area (Å²) in [6, 6.07) is 4.96. The second-order valence-electron chi connectivity index (χ2n) is 8.30. The van der Waals surface area contributed by atoms with Gasteiger partial charge in [0, 0.05) is 24.1 Å². The number of nitrogens with zero attached hydrogens (tertiary/aromatic N) is 1. The number of benzene rings is 1. The normalized spacial score (nSPS) is 37.2. The van der Waals surface area contributed by atoms with Crippen molar-refractivity contribution in [2.45, 2.75) is 49.3 Å². The Morgan fingerprint density at radius 1 is 1.23 bits per heavy atom. The first-order chi connectivity index (χ1) is 12.7. The summed E-state index contributed by atoms with van der Waals surface area (Å²) in [7, 11) is 5.76. The van der Waals surface area contributed by atoms with Gasteiger partial charge in [0.15, 0.2) is 11.5 Å². The fourth-order valence-corrected chi connectivity index (χ4v) is 6.29. The molecule has 142 valence electrons. The smallest absolute Gasteiger partial charge is 0.165 e. The maximum Gasteiger partial charge on any atom is 0.165 e. The van der Waals surface area contributed by atoms with Crippen LogP contribution in [0.1, 0.15) is 30.4 Å². The molecule has 5 rings (SSSR count). The zero-order valence-electron chi connectivity index (χ0n) is 16.0. The van der Waals surface area contributed by atoms with E-state index >= 15 is 0 Å². The van der Waals surface area contributed by atoms with Crippen LogP contribution in [0.5, 0.6) is 11.5 Å². The van der Waals surface area contributed by atoms with E-state index in [2.05, 4.69) is 24.1 Å². The Bertz CT molecular complexity index is 707. The van der Waals surface area contributed by atoms with Gasteiger partial charge >= 0.3 is 0 Å². The van der Waals surface area contributed by atoms with Crippen LogP contribution < -0.4 is 9.47 Å². The van der Waals surface area contributed by atoms with E-state index in [9.17, 15) is 0 Å². The Morgan fingerprint density at radius 3 is 2.92 bits per heavy atom. The van der Waals surface area contributed by atoms with Gasteiger partial charge in [-0.05, 0) is 56.8 Å². The predicted octanol–water partition coefficient (Wildman–Crippen LogP) is 2.40. The Balaban J connectivity index is 1.61. The van der Waals surface area contributed by atoms with Crippen LogP contribution in [-0.4, -0.2) is 64.2 Å². The summed E-state index contributed by atoms with van der Waals surface area (Å²) < 4.78 is 23.8. The van der Waals surface area contributed by atoms with Crippen molar-refractivity contribution in [3.63, 3.8) is 0 Å². The molecule has 1 aromatic carbocycles. The molecule has 1 unspecified atom stereocenters. The molecule has 1 saturated heterocycles. The monoisotopic (exact) mass is 359 g/mol. The molecule has 5 nitrogen and oxygen atoms in total. The third kappa shape index (κ3) is 2.08. The van der Waals surface area contributed by atoms with Crippen LogP contribution in [0.15, 0.2) is 12.1 Å². The van der Waals surface area contributed by atoms with Gasteiger partial charge in [0.05, 0.1) is 26.4 Å². The van der Waals surface area contributed by atoms with Crippen molar-refractivity contribution in [1.82, 2.24) is 4.90 Å². The Morgan fingerprint density at radius 2 is 2.12 bits per heavy atom. The molecule has 1 aromatic rings. The van der Waals surface area contributed by atoms with Gasteiger partial charge in [-0.2, -0.15) is 0 Å². The molecule has 0 N–H and O–H groups in total. The van der Waals surface area contributed by atoms with Gasteiger partial charge in [-0.25, -0.2) is 0 Å². The number of hydrogen-bond donors (Lipinski definition) is 0. The summed E-state index contributed by atoms with van der Waals surface area (Å²) in [5.74, 6) is 2.51. The minimum atomic E-state index is 0.0879. The Labute approximate surface area is 155 Å². The van der Waals surface area contributed by atoms with E-state index < -0.39 is 0 Å². The molecule has 0 aromatic heterocycles. The lowest BCUT2D eigenvalue weighted by molar-refractivity contribution is -0.127. The van der Waals surface area contributed by atoms with Gasteiger partial charge in [-0.1, -0.05) is 6.07 Å². The number of likely N-dealkylation sites (N-methyl/N-ethyl adjacent to an activating group) is 1. The lowest BCUT2D eigenvalue weighted by atomic mass is 9.51. The van der Waals surface area contributed by atoms with Gasteiger partial charge in [0.25, 0.3) is 0 Å². The molecule has 4 aliphatic rings. The third-order valence-corrected chi connectivity index (χ3v) is 7.36. The SMILES string of the molecule is COCCO[C@H]1CCC2[C@H]3Cc4ccc(OC)c5c4[C@@]2(CCN3C)[C@H]1O5. The summed E-state index contributed by atoms with van der Waals surface area (Å²) in [6.07, 6.45) is 4.78. The topological polar surface area (TPSA) is 40.2 Å². The molecule has 5 atom stereocenters. The number of methoxy groups -OCH3 is 2. The molecule has 0 amide bonds. The largest absolute Gasteiger partial charge is 0.493 e. The quantitative estimate of drug-likeness (QED) is 0.755. The highest BCUT2D eigenvalue weighted by Crippen LogP contribution is 2.64. The van der Waals surface area contributed by atoms with Crippen LogP contribution in [0.2, 0.25) is 0 Å². The highest BCUT2D eigenvalue weighted by atomic mass is 16.6. The van der Waals surface area contributed by atoms with Gasteiger partial charge < -0.3 is 23.8 Å². The van der Waals surface area contributed by atoms with Crippen molar-refractivity contribution in [3.05, 3.63) is 23.3 Å². The molecule has 2 fully saturated rings. The first kappa shape index (κ1) is 16.8. The summed E-state index contributed by atoms with van der Waals surface area (Å²) in [5.41, 5.74) is 2.98. The molecule has 1 saturated carbocycles. The number of likely N-dealkylation sites (tertiary alicyclic amines) is 1. The number of hydrogen-bond acceptors (Lipinski definition) is 5. The van der Waals surface area contributed by atoms with Crippen molar-refractivity contribution in [3.8, 4) is 11.5 Å². The molecular formula is C21H29NO4. The number of ether oxygens (including phenoxy) is 4. The van der Waals surface area contributed by atoms with Crippen LogP contribution in [0.25, 0.3) is 0 Å². The second-order valence-corrected chi connectivity index (χ2v) is 8.30. The first-order valence-electron chi connectivity index (χ1n) is 9.88. The number of piperidine rings is 1. The minimum absolute atomic E-state index is 0.0879. The average Bonchev–Trinajstić information content (AvgIpc) is 3.00. The molecule has 2 bridgehead atoms. The van der Waals surface area contributed by atoms with Crippen LogP contribution >= 0.6 is 0 Å². The van der Waals surface area contributed by atoms with E-state index in [0.717, 1.165) is 37.3 Å². The highest BCUT2D eigenvalue weighted by Gasteiger charge is 2.65. The zero-order chi connectivity index (χ0) is 17.9. The maximum atomic E-state index is 6.67. The molecule has 26 heavy (non-hydrogen) atoms. The van der Waals surface area contributed by atoms with Crippen molar-refractivity contribution in [2.75, 3.05) is 41.0 Å². The average molecular weight is 359 g/mol. The summed E-state index contributed by atoms with van der Waals surface area (Å²) >= 11 is 0. The van der Waals surface area contributed by atoms with E-state index in [1.165, 1.54) is 17.5 Å². The lowest BCUT2D eigenvalue weighted by Gasteiger charge is -2.58. The molecule has 5 heteroatoms. The van der Waals surface area contributed by atoms with E-state index in [0.29, 0.717) is 25.2 Å². The van der Waals surface area contributed by atoms with Crippen LogP contribution in [0, 0.1) is 5.92 Å². The maximum absolute atomic E-state index is 6.67. The summed E-state index contributed by atoms with van der Waals surface area (Å²) in [6.45, 7) is 2.39. The van der Waals surface area contributed by atoms with E-state index in [4.69, 9.17) is 18.9 Å². The Kier molecular flexibility index (Phi) is 3.96. The van der Waals surface area contributed by atoms with Gasteiger partial charge in [-0.3, -0.25) is 0 Å². The fraction of sp³-hybridized carbons (Fsp3) is 0.714. The van der Waals surface area contributed by atoms with Crippen LogP contribution in [0.3, 0.4) is 0 Å². The molecule has 1 spiro atoms. The van der Waals surface area contributed by atoms with Crippen molar-refractivity contribution in [1.29, 1.82) is 0 Å². The van der Waals surface area contributed by atoms with E-state index in [1.807, 2.05) is 0 Å². The van der Waals surface area contributed by atoms with Crippen molar-refractivity contribution < 1.29 is 18.9 Å². The molecule has 2 aliphatic heterocycles. The van der Waals surface area contributed by atoms with E-state index in [-0.39, 0.29) is 17.6 Å². The summed E-state index contributed by atoms with van der Waals surface area (Å²) in [5, 5.41) is 0.